The standard InChI is InChI=1S/C28H28FN7O2.C26H22FN7O3/c1-15-13-17(11-12-21(15)38-3)24-23-25(30)31-14-32-27(23)36(34-24)16(2)26-33-20-10-6-9-19(29)22(20)28(37)35(26)18-7-4-5-8-18;1-13(24-31-17-7-3-6-16(27)20(17)26(35)33(24)15-4-2-5-15)34-25-21(23(28)29-11-30-25)22(32-34)14-8-9-18-19(10-14)37-12-36-18/h6,9-14,16,18H,4-5,7-8H2,1-3H3,(H2,30,31,32);3,6-11,13,15H,2,4-5,12H2,1H3,(H2,28,29,30). The van der Waals surface area contributed by atoms with Crippen LogP contribution in [-0.2, 0) is 0 Å². The summed E-state index contributed by atoms with van der Waals surface area (Å²) in [4.78, 5) is 54.4. The SMILES string of the molecule is CC(c1nc2cccc(F)c2c(=O)n1C1CCC1)n1nc(-c2ccc3c(c2)OCO3)c2c(N)ncnc21.COc1ccc(-c2nn(C(C)c3nc4cccc(F)c4c(=O)n3C3CCCC3)c3ncnc(N)c23)cc1C. The first kappa shape index (κ1) is 47.1. The molecular weight excluding hydrogens is 963 g/mol. The van der Waals surface area contributed by atoms with Crippen molar-refractivity contribution in [1.82, 2.24) is 58.6 Å². The Bertz CT molecular complexity index is 4050. The maximum absolute atomic E-state index is 14.8. The molecule has 2 unspecified atom stereocenters. The molecular formula is C54H50F2N14O5. The van der Waals surface area contributed by atoms with E-state index in [1.54, 1.807) is 49.9 Å². The number of hydrogen-bond donors (Lipinski definition) is 2. The van der Waals surface area contributed by atoms with Gasteiger partial charge >= 0.3 is 0 Å². The molecule has 3 aliphatic rings. The Morgan fingerprint density at radius 3 is 1.61 bits per heavy atom. The number of anilines is 2. The van der Waals surface area contributed by atoms with Crippen molar-refractivity contribution in [2.45, 2.75) is 89.9 Å². The summed E-state index contributed by atoms with van der Waals surface area (Å²) >= 11 is 0. The summed E-state index contributed by atoms with van der Waals surface area (Å²) in [6, 6.07) is 19.2. The van der Waals surface area contributed by atoms with Gasteiger partial charge in [0, 0.05) is 23.2 Å². The molecule has 1 aliphatic heterocycles. The van der Waals surface area contributed by atoms with Crippen LogP contribution < -0.4 is 36.8 Å². The molecule has 2 saturated carbocycles. The van der Waals surface area contributed by atoms with E-state index in [1.807, 2.05) is 57.2 Å². The Labute approximate surface area is 425 Å². The normalized spacial score (nSPS) is 15.4. The lowest BCUT2D eigenvalue weighted by Gasteiger charge is -2.31. The maximum atomic E-state index is 14.8. The van der Waals surface area contributed by atoms with Gasteiger partial charge in [-0.1, -0.05) is 25.0 Å². The predicted molar refractivity (Wildman–Crippen MR) is 278 cm³/mol. The number of benzene rings is 4. The van der Waals surface area contributed by atoms with Crippen molar-refractivity contribution in [2.24, 2.45) is 0 Å². The number of nitrogens with zero attached hydrogens (tertiary/aromatic N) is 12. The quantitative estimate of drug-likeness (QED) is 0.137. The number of nitrogens with two attached hydrogens (primary N) is 2. The van der Waals surface area contributed by atoms with E-state index < -0.39 is 23.7 Å². The van der Waals surface area contributed by atoms with Crippen LogP contribution in [0.25, 0.3) is 66.4 Å². The second-order valence-corrected chi connectivity index (χ2v) is 19.2. The van der Waals surface area contributed by atoms with E-state index >= 15 is 0 Å². The van der Waals surface area contributed by atoms with Gasteiger partial charge in [-0.3, -0.25) is 18.7 Å². The Hall–Kier alpha value is -8.88. The molecule has 4 aromatic carbocycles. The lowest BCUT2D eigenvalue weighted by molar-refractivity contribution is 0.174. The molecule has 19 nitrogen and oxygen atoms in total. The third kappa shape index (κ3) is 7.82. The van der Waals surface area contributed by atoms with Gasteiger partial charge in [0.25, 0.3) is 11.1 Å². The van der Waals surface area contributed by atoms with Crippen LogP contribution in [0.2, 0.25) is 0 Å². The van der Waals surface area contributed by atoms with E-state index in [0.29, 0.717) is 73.5 Å². The largest absolute Gasteiger partial charge is 0.496 e. The number of nitrogen functional groups attached to an aromatic ring is 2. The zero-order valence-electron chi connectivity index (χ0n) is 41.4. The van der Waals surface area contributed by atoms with Crippen LogP contribution >= 0.6 is 0 Å². The minimum absolute atomic E-state index is 0.00305. The van der Waals surface area contributed by atoms with E-state index in [2.05, 4.69) is 19.9 Å². The zero-order valence-corrected chi connectivity index (χ0v) is 41.4. The van der Waals surface area contributed by atoms with Crippen LogP contribution in [0.15, 0.2) is 95.0 Å². The number of ether oxygens (including phenoxy) is 3. The van der Waals surface area contributed by atoms with Gasteiger partial charge in [0.05, 0.1) is 28.9 Å². The molecule has 0 bridgehead atoms. The predicted octanol–water partition coefficient (Wildman–Crippen LogP) is 8.95. The molecule has 0 spiro atoms. The molecule has 10 aromatic rings. The average Bonchev–Trinajstić information content (AvgIpc) is 4.24. The number of rotatable bonds is 9. The topological polar surface area (TPSA) is 237 Å². The minimum Gasteiger partial charge on any atom is -0.496 e. The molecule has 380 valence electrons. The van der Waals surface area contributed by atoms with Crippen molar-refractivity contribution < 1.29 is 23.0 Å². The first-order valence-electron chi connectivity index (χ1n) is 24.8. The van der Waals surface area contributed by atoms with Gasteiger partial charge in [0.2, 0.25) is 6.79 Å². The van der Waals surface area contributed by atoms with E-state index in [0.717, 1.165) is 67.4 Å². The lowest BCUT2D eigenvalue weighted by atomic mass is 9.92. The number of methoxy groups -OCH3 is 1. The second kappa shape index (κ2) is 18.6. The first-order chi connectivity index (χ1) is 36.4. The number of hydrogen-bond acceptors (Lipinski definition) is 15. The number of fused-ring (bicyclic) bond motifs is 5. The van der Waals surface area contributed by atoms with Gasteiger partial charge < -0.3 is 25.7 Å². The molecule has 2 atom stereocenters. The summed E-state index contributed by atoms with van der Waals surface area (Å²) in [5.74, 6) is 2.49. The monoisotopic (exact) mass is 1010 g/mol. The molecule has 75 heavy (non-hydrogen) atoms. The molecule has 0 radical (unpaired) electrons. The molecule has 2 fully saturated rings. The number of aromatic nitrogens is 12. The number of aryl methyl sites for hydroxylation is 1. The Morgan fingerprint density at radius 2 is 1.12 bits per heavy atom. The van der Waals surface area contributed by atoms with E-state index in [1.165, 1.54) is 24.8 Å². The van der Waals surface area contributed by atoms with Crippen molar-refractivity contribution in [3.63, 3.8) is 0 Å². The van der Waals surface area contributed by atoms with Crippen molar-refractivity contribution in [1.29, 1.82) is 0 Å². The first-order valence-corrected chi connectivity index (χ1v) is 24.8. The second-order valence-electron chi connectivity index (χ2n) is 19.2. The Balaban J connectivity index is 0.000000152. The van der Waals surface area contributed by atoms with Gasteiger partial charge in [0.1, 0.15) is 87.6 Å². The van der Waals surface area contributed by atoms with Crippen LogP contribution in [0.3, 0.4) is 0 Å². The summed E-state index contributed by atoms with van der Waals surface area (Å²) in [7, 11) is 1.63. The summed E-state index contributed by atoms with van der Waals surface area (Å²) in [5, 5.41) is 11.1. The molecule has 2 aliphatic carbocycles. The molecule has 0 amide bonds. The van der Waals surface area contributed by atoms with Crippen LogP contribution in [-0.4, -0.2) is 72.5 Å². The molecule has 21 heteroatoms. The zero-order chi connectivity index (χ0) is 51.8. The van der Waals surface area contributed by atoms with Gasteiger partial charge in [0.15, 0.2) is 22.8 Å². The lowest BCUT2D eigenvalue weighted by Crippen LogP contribution is -2.35. The summed E-state index contributed by atoms with van der Waals surface area (Å²) in [5.41, 5.74) is 17.3. The Morgan fingerprint density at radius 1 is 0.627 bits per heavy atom. The smallest absolute Gasteiger partial charge is 0.264 e. The average molecular weight is 1010 g/mol. The molecule has 6 aromatic heterocycles. The third-order valence-corrected chi connectivity index (χ3v) is 14.8. The third-order valence-electron chi connectivity index (χ3n) is 14.8. The fourth-order valence-corrected chi connectivity index (χ4v) is 10.8. The van der Waals surface area contributed by atoms with Gasteiger partial charge in [-0.05, 0) is 119 Å². The van der Waals surface area contributed by atoms with Crippen molar-refractivity contribution in [3.8, 4) is 39.8 Å². The summed E-state index contributed by atoms with van der Waals surface area (Å²) < 4.78 is 52.7. The minimum atomic E-state index is -0.572. The highest BCUT2D eigenvalue weighted by molar-refractivity contribution is 5.99. The van der Waals surface area contributed by atoms with Crippen LogP contribution in [0.4, 0.5) is 20.4 Å². The Kier molecular flexibility index (Phi) is 11.7. The fourth-order valence-electron chi connectivity index (χ4n) is 10.8. The van der Waals surface area contributed by atoms with Crippen molar-refractivity contribution in [3.05, 3.63) is 135 Å². The maximum Gasteiger partial charge on any atom is 0.264 e. The van der Waals surface area contributed by atoms with Gasteiger partial charge in [-0.2, -0.15) is 10.2 Å². The van der Waals surface area contributed by atoms with Crippen LogP contribution in [0.5, 0.6) is 17.2 Å². The number of halogens is 2. The van der Waals surface area contributed by atoms with Gasteiger partial charge in [-0.15, -0.1) is 0 Å². The molecule has 4 N–H and O–H groups in total. The van der Waals surface area contributed by atoms with Crippen molar-refractivity contribution in [2.75, 3.05) is 25.4 Å². The van der Waals surface area contributed by atoms with Crippen LogP contribution in [0.1, 0.15) is 100 Å². The highest BCUT2D eigenvalue weighted by Gasteiger charge is 2.32. The summed E-state index contributed by atoms with van der Waals surface area (Å²) in [6.07, 6.45) is 9.15. The highest BCUT2D eigenvalue weighted by Crippen LogP contribution is 2.41. The highest BCUT2D eigenvalue weighted by atomic mass is 19.1. The fraction of sp³-hybridized carbons (Fsp3) is 0.296. The van der Waals surface area contributed by atoms with Crippen molar-refractivity contribution >= 4 is 55.5 Å². The van der Waals surface area contributed by atoms with E-state index in [4.69, 9.17) is 45.8 Å². The molecule has 7 heterocycles. The van der Waals surface area contributed by atoms with E-state index in [9.17, 15) is 18.4 Å². The molecule has 13 rings (SSSR count). The van der Waals surface area contributed by atoms with Gasteiger partial charge in [-0.25, -0.2) is 48.0 Å². The van der Waals surface area contributed by atoms with E-state index in [-0.39, 0.29) is 46.6 Å². The summed E-state index contributed by atoms with van der Waals surface area (Å²) in [6.45, 7) is 5.94. The molecule has 0 saturated heterocycles. The van der Waals surface area contributed by atoms with Crippen LogP contribution in [0, 0.1) is 18.6 Å².